The standard InChI is InChI=1S/C24H25FN4O3/c1-15-13-28(9-10-29(15)24(31)21(30)14-32-2)23-17(12-26)11-19(22(27-23)16-7-8-16)18-5-3-4-6-20(18)25/h3-6,11,15-16H,7-10,13-14H2,1-2H3/t15-/m1/s1. The Labute approximate surface area is 186 Å². The lowest BCUT2D eigenvalue weighted by atomic mass is 9.98. The number of pyridine rings is 1. The van der Waals surface area contributed by atoms with Crippen LogP contribution in [0.2, 0.25) is 0 Å². The number of piperazine rings is 1. The number of nitrogens with zero attached hydrogens (tertiary/aromatic N) is 4. The Morgan fingerprint density at radius 1 is 1.25 bits per heavy atom. The number of ether oxygens (including phenoxy) is 1. The summed E-state index contributed by atoms with van der Waals surface area (Å²) in [5, 5.41) is 9.84. The van der Waals surface area contributed by atoms with E-state index in [1.165, 1.54) is 13.2 Å². The van der Waals surface area contributed by atoms with Crippen LogP contribution in [0.4, 0.5) is 10.2 Å². The minimum Gasteiger partial charge on any atom is -0.376 e. The Kier molecular flexibility index (Phi) is 6.19. The second-order valence-corrected chi connectivity index (χ2v) is 8.31. The van der Waals surface area contributed by atoms with E-state index in [-0.39, 0.29) is 24.4 Å². The van der Waals surface area contributed by atoms with Gasteiger partial charge >= 0.3 is 0 Å². The molecule has 2 aliphatic rings. The number of anilines is 1. The summed E-state index contributed by atoms with van der Waals surface area (Å²) in [5.74, 6) is -0.663. The first-order chi connectivity index (χ1) is 15.4. The smallest absolute Gasteiger partial charge is 0.292 e. The third-order valence-corrected chi connectivity index (χ3v) is 5.98. The molecule has 8 heteroatoms. The van der Waals surface area contributed by atoms with Crippen molar-refractivity contribution in [2.75, 3.05) is 38.3 Å². The van der Waals surface area contributed by atoms with E-state index in [4.69, 9.17) is 9.72 Å². The molecule has 1 saturated heterocycles. The first-order valence-corrected chi connectivity index (χ1v) is 10.7. The number of nitriles is 1. The second kappa shape index (κ2) is 9.05. The minimum absolute atomic E-state index is 0.235. The zero-order chi connectivity index (χ0) is 22.8. The fourth-order valence-electron chi connectivity index (χ4n) is 4.21. The van der Waals surface area contributed by atoms with E-state index >= 15 is 0 Å². The molecule has 32 heavy (non-hydrogen) atoms. The summed E-state index contributed by atoms with van der Waals surface area (Å²) in [7, 11) is 1.38. The number of methoxy groups -OCH3 is 1. The number of benzene rings is 1. The van der Waals surface area contributed by atoms with Gasteiger partial charge in [0.05, 0.1) is 11.3 Å². The lowest BCUT2D eigenvalue weighted by Crippen LogP contribution is -2.56. The van der Waals surface area contributed by atoms with Gasteiger partial charge in [0.25, 0.3) is 5.91 Å². The summed E-state index contributed by atoms with van der Waals surface area (Å²) in [5.41, 5.74) is 2.30. The van der Waals surface area contributed by atoms with Gasteiger partial charge in [-0.3, -0.25) is 9.59 Å². The molecule has 0 N–H and O–H groups in total. The molecule has 1 aromatic heterocycles. The molecule has 4 rings (SSSR count). The van der Waals surface area contributed by atoms with Gasteiger partial charge in [-0.15, -0.1) is 0 Å². The lowest BCUT2D eigenvalue weighted by Gasteiger charge is -2.40. The number of Topliss-reactive ketones (excluding diaryl/α,β-unsaturated/α-hetero) is 1. The normalized spacial score (nSPS) is 18.4. The molecule has 7 nitrogen and oxygen atoms in total. The van der Waals surface area contributed by atoms with Crippen molar-refractivity contribution in [1.82, 2.24) is 9.88 Å². The summed E-state index contributed by atoms with van der Waals surface area (Å²) in [6.45, 7) is 2.85. The van der Waals surface area contributed by atoms with E-state index in [1.54, 1.807) is 29.2 Å². The van der Waals surface area contributed by atoms with Crippen LogP contribution >= 0.6 is 0 Å². The Morgan fingerprint density at radius 2 is 2.00 bits per heavy atom. The van der Waals surface area contributed by atoms with Gasteiger partial charge in [0, 0.05) is 49.8 Å². The van der Waals surface area contributed by atoms with E-state index in [0.29, 0.717) is 42.1 Å². The average molecular weight is 436 g/mol. The van der Waals surface area contributed by atoms with Crippen LogP contribution in [-0.2, 0) is 14.3 Å². The van der Waals surface area contributed by atoms with Crippen molar-refractivity contribution in [2.45, 2.75) is 31.7 Å². The van der Waals surface area contributed by atoms with Crippen molar-refractivity contribution in [1.29, 1.82) is 5.26 Å². The number of rotatable bonds is 6. The number of amides is 1. The summed E-state index contributed by atoms with van der Waals surface area (Å²) < 4.78 is 19.3. The lowest BCUT2D eigenvalue weighted by molar-refractivity contribution is -0.148. The number of hydrogen-bond acceptors (Lipinski definition) is 6. The SMILES string of the molecule is COCC(=O)C(=O)N1CCN(c2nc(C3CC3)c(-c3ccccc3F)cc2C#N)C[C@H]1C. The van der Waals surface area contributed by atoms with Crippen LogP contribution < -0.4 is 4.90 Å². The maximum atomic E-state index is 14.5. The van der Waals surface area contributed by atoms with Crippen molar-refractivity contribution in [3.8, 4) is 17.2 Å². The van der Waals surface area contributed by atoms with Crippen molar-refractivity contribution >= 4 is 17.5 Å². The quantitative estimate of drug-likeness (QED) is 0.648. The number of carbonyl (C=O) groups excluding carboxylic acids is 2. The molecule has 1 aliphatic carbocycles. The molecule has 166 valence electrons. The zero-order valence-electron chi connectivity index (χ0n) is 18.2. The second-order valence-electron chi connectivity index (χ2n) is 8.31. The van der Waals surface area contributed by atoms with Crippen LogP contribution in [0.25, 0.3) is 11.1 Å². The molecule has 1 atom stereocenters. The zero-order valence-corrected chi connectivity index (χ0v) is 18.2. The molecule has 1 aliphatic heterocycles. The molecule has 1 saturated carbocycles. The summed E-state index contributed by atoms with van der Waals surface area (Å²) in [6, 6.07) is 10.3. The Bertz CT molecular complexity index is 1090. The van der Waals surface area contributed by atoms with Gasteiger partial charge in [0.2, 0.25) is 5.78 Å². The summed E-state index contributed by atoms with van der Waals surface area (Å²) in [6.07, 6.45) is 1.97. The Hall–Kier alpha value is -3.31. The highest BCUT2D eigenvalue weighted by Gasteiger charge is 2.34. The number of ketones is 1. The van der Waals surface area contributed by atoms with Gasteiger partial charge in [-0.25, -0.2) is 9.37 Å². The van der Waals surface area contributed by atoms with E-state index < -0.39 is 11.7 Å². The summed E-state index contributed by atoms with van der Waals surface area (Å²) in [4.78, 5) is 32.8. The predicted octanol–water partition coefficient (Wildman–Crippen LogP) is 2.89. The van der Waals surface area contributed by atoms with Gasteiger partial charge in [0.1, 0.15) is 24.3 Å². The van der Waals surface area contributed by atoms with Gasteiger partial charge < -0.3 is 14.5 Å². The molecule has 2 aromatic rings. The van der Waals surface area contributed by atoms with Crippen molar-refractivity contribution < 1.29 is 18.7 Å². The van der Waals surface area contributed by atoms with Gasteiger partial charge in [0.15, 0.2) is 0 Å². The molecule has 0 bridgehead atoms. The van der Waals surface area contributed by atoms with E-state index in [9.17, 15) is 19.2 Å². The largest absolute Gasteiger partial charge is 0.376 e. The van der Waals surface area contributed by atoms with E-state index in [2.05, 4.69) is 6.07 Å². The molecule has 2 fully saturated rings. The fourth-order valence-corrected chi connectivity index (χ4v) is 4.21. The van der Waals surface area contributed by atoms with E-state index in [0.717, 1.165) is 18.5 Å². The number of hydrogen-bond donors (Lipinski definition) is 0. The summed E-state index contributed by atoms with van der Waals surface area (Å²) >= 11 is 0. The average Bonchev–Trinajstić information content (AvgIpc) is 3.63. The first-order valence-electron chi connectivity index (χ1n) is 10.7. The molecule has 2 heterocycles. The van der Waals surface area contributed by atoms with E-state index in [1.807, 2.05) is 11.8 Å². The fraction of sp³-hybridized carbons (Fsp3) is 0.417. The van der Waals surface area contributed by atoms with Gasteiger partial charge in [-0.2, -0.15) is 5.26 Å². The number of aromatic nitrogens is 1. The molecule has 1 aromatic carbocycles. The van der Waals surface area contributed by atoms with Crippen LogP contribution in [0.3, 0.4) is 0 Å². The van der Waals surface area contributed by atoms with Crippen LogP contribution in [0.5, 0.6) is 0 Å². The molecular formula is C24H25FN4O3. The van der Waals surface area contributed by atoms with Crippen LogP contribution in [0.15, 0.2) is 30.3 Å². The maximum Gasteiger partial charge on any atom is 0.292 e. The Balaban J connectivity index is 1.64. The highest BCUT2D eigenvalue weighted by atomic mass is 19.1. The molecule has 0 unspecified atom stereocenters. The molecular weight excluding hydrogens is 411 g/mol. The third-order valence-electron chi connectivity index (χ3n) is 5.98. The maximum absolute atomic E-state index is 14.5. The topological polar surface area (TPSA) is 86.5 Å². The Morgan fingerprint density at radius 3 is 2.62 bits per heavy atom. The van der Waals surface area contributed by atoms with Crippen LogP contribution in [0, 0.1) is 17.1 Å². The third kappa shape index (κ3) is 4.21. The van der Waals surface area contributed by atoms with Crippen LogP contribution in [0.1, 0.15) is 36.9 Å². The predicted molar refractivity (Wildman–Crippen MR) is 117 cm³/mol. The molecule has 1 amide bonds. The van der Waals surface area contributed by atoms with Crippen LogP contribution in [-0.4, -0.2) is 61.0 Å². The molecule has 0 spiro atoms. The highest BCUT2D eigenvalue weighted by Crippen LogP contribution is 2.45. The number of halogens is 1. The monoisotopic (exact) mass is 436 g/mol. The van der Waals surface area contributed by atoms with Crippen molar-refractivity contribution in [3.63, 3.8) is 0 Å². The first kappa shape index (κ1) is 21.9. The van der Waals surface area contributed by atoms with Crippen molar-refractivity contribution in [3.05, 3.63) is 47.4 Å². The van der Waals surface area contributed by atoms with Gasteiger partial charge in [-0.1, -0.05) is 18.2 Å². The minimum atomic E-state index is -0.575. The number of carbonyl (C=O) groups is 2. The van der Waals surface area contributed by atoms with Crippen molar-refractivity contribution in [2.24, 2.45) is 0 Å². The van der Waals surface area contributed by atoms with Gasteiger partial charge in [-0.05, 0) is 31.9 Å². The highest BCUT2D eigenvalue weighted by molar-refractivity contribution is 6.36. The molecule has 0 radical (unpaired) electrons.